The van der Waals surface area contributed by atoms with E-state index in [0.717, 1.165) is 35.9 Å². The maximum absolute atomic E-state index is 13.2. The van der Waals surface area contributed by atoms with Crippen LogP contribution in [0.3, 0.4) is 0 Å². The van der Waals surface area contributed by atoms with E-state index in [1.807, 2.05) is 64.3 Å². The SMILES string of the molecule is O=C1NC2(CC3CCC2N3C(=O)CCn2ncc3ccccc32)Nc2ccccc21. The summed E-state index contributed by atoms with van der Waals surface area (Å²) in [6.45, 7) is 0.553. The first kappa shape index (κ1) is 17.5. The first-order chi connectivity index (χ1) is 14.6. The van der Waals surface area contributed by atoms with Crippen molar-refractivity contribution in [3.63, 3.8) is 0 Å². The van der Waals surface area contributed by atoms with E-state index < -0.39 is 5.66 Å². The van der Waals surface area contributed by atoms with Crippen molar-refractivity contribution in [3.8, 4) is 0 Å². The van der Waals surface area contributed by atoms with Crippen molar-refractivity contribution in [3.05, 3.63) is 60.3 Å². The molecule has 2 bridgehead atoms. The summed E-state index contributed by atoms with van der Waals surface area (Å²) >= 11 is 0. The molecule has 2 N–H and O–H groups in total. The number of carbonyl (C=O) groups is 2. The highest BCUT2D eigenvalue weighted by Gasteiger charge is 2.59. The van der Waals surface area contributed by atoms with Gasteiger partial charge in [-0.2, -0.15) is 5.10 Å². The average molecular weight is 401 g/mol. The molecule has 2 fully saturated rings. The van der Waals surface area contributed by atoms with E-state index in [-0.39, 0.29) is 23.9 Å². The third-order valence-corrected chi connectivity index (χ3v) is 6.87. The smallest absolute Gasteiger partial charge is 0.255 e. The largest absolute Gasteiger partial charge is 0.360 e. The summed E-state index contributed by atoms with van der Waals surface area (Å²) in [5.41, 5.74) is 1.99. The molecule has 1 aromatic heterocycles. The van der Waals surface area contributed by atoms with Crippen LogP contribution in [0.5, 0.6) is 0 Å². The van der Waals surface area contributed by atoms with E-state index in [9.17, 15) is 9.59 Å². The van der Waals surface area contributed by atoms with Crippen LogP contribution < -0.4 is 10.6 Å². The molecule has 7 heteroatoms. The van der Waals surface area contributed by atoms with Crippen molar-refractivity contribution in [1.29, 1.82) is 0 Å². The van der Waals surface area contributed by atoms with Gasteiger partial charge < -0.3 is 15.5 Å². The van der Waals surface area contributed by atoms with Crippen molar-refractivity contribution < 1.29 is 9.59 Å². The quantitative estimate of drug-likeness (QED) is 0.707. The number of aromatic nitrogens is 2. The van der Waals surface area contributed by atoms with Crippen LogP contribution in [0.15, 0.2) is 54.7 Å². The van der Waals surface area contributed by atoms with E-state index in [4.69, 9.17) is 0 Å². The molecule has 1 spiro atoms. The van der Waals surface area contributed by atoms with Gasteiger partial charge in [-0.15, -0.1) is 0 Å². The zero-order valence-electron chi connectivity index (χ0n) is 16.5. The normalized spacial score (nSPS) is 26.7. The summed E-state index contributed by atoms with van der Waals surface area (Å²) in [5.74, 6) is 0.0705. The van der Waals surface area contributed by atoms with Crippen LogP contribution in [-0.2, 0) is 11.3 Å². The summed E-state index contributed by atoms with van der Waals surface area (Å²) in [6, 6.07) is 15.7. The van der Waals surface area contributed by atoms with Crippen LogP contribution in [0.1, 0.15) is 36.0 Å². The van der Waals surface area contributed by atoms with E-state index in [1.54, 1.807) is 0 Å². The Morgan fingerprint density at radius 3 is 2.87 bits per heavy atom. The van der Waals surface area contributed by atoms with Crippen LogP contribution >= 0.6 is 0 Å². The summed E-state index contributed by atoms with van der Waals surface area (Å²) < 4.78 is 1.90. The number of nitrogens with one attached hydrogen (secondary N) is 2. The fraction of sp³-hybridized carbons (Fsp3) is 0.348. The predicted molar refractivity (Wildman–Crippen MR) is 113 cm³/mol. The number of hydrogen-bond acceptors (Lipinski definition) is 4. The lowest BCUT2D eigenvalue weighted by molar-refractivity contribution is -0.133. The molecule has 0 saturated carbocycles. The number of fused-ring (bicyclic) bond motifs is 5. The number of aryl methyl sites for hydroxylation is 1. The lowest BCUT2D eigenvalue weighted by atomic mass is 9.86. The highest BCUT2D eigenvalue weighted by molar-refractivity contribution is 6.02. The minimum atomic E-state index is -0.567. The number of benzene rings is 2. The number of anilines is 1. The standard InChI is InChI=1S/C23H23N5O2/c29-21(11-12-27-19-8-4-1-5-15(19)14-24-27)28-16-9-10-20(28)23(13-16)25-18-7-3-2-6-17(18)22(30)26-23/h1-8,14,16,20,25H,9-13H2,(H,26,30). The monoisotopic (exact) mass is 401 g/mol. The molecule has 7 nitrogen and oxygen atoms in total. The van der Waals surface area contributed by atoms with Crippen LogP contribution in [0.25, 0.3) is 10.9 Å². The molecular weight excluding hydrogens is 378 g/mol. The second-order valence-electron chi connectivity index (χ2n) is 8.52. The van der Waals surface area contributed by atoms with Crippen LogP contribution in [-0.4, -0.2) is 44.2 Å². The molecular formula is C23H23N5O2. The van der Waals surface area contributed by atoms with Gasteiger partial charge >= 0.3 is 0 Å². The molecule has 2 saturated heterocycles. The van der Waals surface area contributed by atoms with E-state index in [2.05, 4.69) is 15.7 Å². The van der Waals surface area contributed by atoms with E-state index in [1.165, 1.54) is 0 Å². The maximum atomic E-state index is 13.2. The minimum Gasteiger partial charge on any atom is -0.360 e. The summed E-state index contributed by atoms with van der Waals surface area (Å²) in [7, 11) is 0. The molecule has 2 amide bonds. The van der Waals surface area contributed by atoms with Gasteiger partial charge in [0.2, 0.25) is 5.91 Å². The van der Waals surface area contributed by atoms with E-state index >= 15 is 0 Å². The molecule has 2 aromatic carbocycles. The summed E-state index contributed by atoms with van der Waals surface area (Å²) in [6.07, 6.45) is 4.87. The van der Waals surface area contributed by atoms with Gasteiger partial charge in [-0.25, -0.2) is 0 Å². The zero-order valence-corrected chi connectivity index (χ0v) is 16.5. The topological polar surface area (TPSA) is 79.3 Å². The Bertz CT molecular complexity index is 1170. The zero-order chi connectivity index (χ0) is 20.3. The van der Waals surface area contributed by atoms with Gasteiger partial charge in [0.15, 0.2) is 0 Å². The lowest BCUT2D eigenvalue weighted by Gasteiger charge is -2.43. The third-order valence-electron chi connectivity index (χ3n) is 6.87. The minimum absolute atomic E-state index is 0.0262. The second-order valence-corrected chi connectivity index (χ2v) is 8.52. The van der Waals surface area contributed by atoms with Crippen LogP contribution in [0.4, 0.5) is 5.69 Å². The average Bonchev–Trinajstić information content (AvgIpc) is 3.43. The molecule has 0 radical (unpaired) electrons. The first-order valence-corrected chi connectivity index (χ1v) is 10.6. The molecule has 4 heterocycles. The van der Waals surface area contributed by atoms with Gasteiger partial charge in [-0.05, 0) is 31.0 Å². The molecule has 3 atom stereocenters. The molecule has 0 aliphatic carbocycles. The molecule has 152 valence electrons. The van der Waals surface area contributed by atoms with Gasteiger partial charge in [0, 0.05) is 30.0 Å². The van der Waals surface area contributed by atoms with Gasteiger partial charge in [-0.1, -0.05) is 30.3 Å². The van der Waals surface area contributed by atoms with Gasteiger partial charge in [0.1, 0.15) is 5.66 Å². The highest BCUT2D eigenvalue weighted by Crippen LogP contribution is 2.46. The van der Waals surface area contributed by atoms with Crippen molar-refractivity contribution in [2.75, 3.05) is 5.32 Å². The van der Waals surface area contributed by atoms with Crippen molar-refractivity contribution >= 4 is 28.4 Å². The Morgan fingerprint density at radius 1 is 1.10 bits per heavy atom. The molecule has 3 aromatic rings. The molecule has 3 aliphatic rings. The fourth-order valence-corrected chi connectivity index (χ4v) is 5.59. The molecule has 3 unspecified atom stereocenters. The number of nitrogens with zero attached hydrogens (tertiary/aromatic N) is 3. The van der Waals surface area contributed by atoms with Crippen molar-refractivity contribution in [1.82, 2.24) is 20.0 Å². The first-order valence-electron chi connectivity index (χ1n) is 10.6. The number of para-hydroxylation sites is 2. The van der Waals surface area contributed by atoms with Gasteiger partial charge in [-0.3, -0.25) is 14.3 Å². The molecule has 30 heavy (non-hydrogen) atoms. The number of amides is 2. The van der Waals surface area contributed by atoms with Crippen molar-refractivity contribution in [2.45, 2.75) is 50.0 Å². The van der Waals surface area contributed by atoms with Crippen LogP contribution in [0, 0.1) is 0 Å². The summed E-state index contributed by atoms with van der Waals surface area (Å²) in [4.78, 5) is 28.0. The molecule has 6 rings (SSSR count). The maximum Gasteiger partial charge on any atom is 0.255 e. The third kappa shape index (κ3) is 2.47. The Morgan fingerprint density at radius 2 is 1.93 bits per heavy atom. The van der Waals surface area contributed by atoms with Crippen molar-refractivity contribution in [2.24, 2.45) is 0 Å². The second kappa shape index (κ2) is 6.32. The van der Waals surface area contributed by atoms with Crippen LogP contribution in [0.2, 0.25) is 0 Å². The molecule has 3 aliphatic heterocycles. The Kier molecular flexibility index (Phi) is 3.69. The van der Waals surface area contributed by atoms with Gasteiger partial charge in [0.05, 0.1) is 29.9 Å². The lowest BCUT2D eigenvalue weighted by Crippen LogP contribution is -2.64. The van der Waals surface area contributed by atoms with Gasteiger partial charge in [0.25, 0.3) is 5.91 Å². The Labute approximate surface area is 174 Å². The fourth-order valence-electron chi connectivity index (χ4n) is 5.59. The number of rotatable bonds is 3. The predicted octanol–water partition coefficient (Wildman–Crippen LogP) is 2.74. The number of hydrogen-bond donors (Lipinski definition) is 2. The summed E-state index contributed by atoms with van der Waals surface area (Å²) in [5, 5.41) is 12.3. The highest BCUT2D eigenvalue weighted by atomic mass is 16.2. The number of carbonyl (C=O) groups excluding carboxylic acids is 2. The Balaban J connectivity index is 1.22. The Hall–Kier alpha value is -3.35. The van der Waals surface area contributed by atoms with E-state index in [0.29, 0.717) is 18.5 Å².